The van der Waals surface area contributed by atoms with Gasteiger partial charge in [-0.15, -0.1) is 0 Å². The van der Waals surface area contributed by atoms with E-state index in [0.717, 1.165) is 47.7 Å². The first-order chi connectivity index (χ1) is 14.5. The van der Waals surface area contributed by atoms with Crippen molar-refractivity contribution in [1.29, 1.82) is 0 Å². The van der Waals surface area contributed by atoms with Crippen molar-refractivity contribution in [2.24, 2.45) is 5.92 Å². The first-order valence-corrected chi connectivity index (χ1v) is 10.9. The molecule has 1 aliphatic carbocycles. The molecular formula is C25H27FN2O2. The molecule has 3 atom stereocenters. The monoisotopic (exact) mass is 406 g/mol. The molecule has 5 rings (SSSR count). The highest BCUT2D eigenvalue weighted by molar-refractivity contribution is 6.01. The van der Waals surface area contributed by atoms with E-state index in [0.29, 0.717) is 18.7 Å². The zero-order valence-electron chi connectivity index (χ0n) is 17.2. The van der Waals surface area contributed by atoms with Gasteiger partial charge in [-0.3, -0.25) is 4.79 Å². The topological polar surface area (TPSA) is 56.3 Å². The van der Waals surface area contributed by atoms with Gasteiger partial charge in [0.25, 0.3) is 5.91 Å². The van der Waals surface area contributed by atoms with E-state index in [1.165, 1.54) is 12.1 Å². The van der Waals surface area contributed by atoms with Gasteiger partial charge in [0.15, 0.2) is 0 Å². The highest BCUT2D eigenvalue weighted by atomic mass is 19.1. The van der Waals surface area contributed by atoms with Crippen molar-refractivity contribution in [3.05, 3.63) is 71.2 Å². The predicted molar refractivity (Wildman–Crippen MR) is 115 cm³/mol. The number of carbonyl (C=O) groups excluding carboxylic acids is 1. The van der Waals surface area contributed by atoms with E-state index >= 15 is 0 Å². The summed E-state index contributed by atoms with van der Waals surface area (Å²) in [7, 11) is 0. The summed E-state index contributed by atoms with van der Waals surface area (Å²) in [6.07, 6.45) is 4.48. The number of fused-ring (bicyclic) bond motifs is 2. The summed E-state index contributed by atoms with van der Waals surface area (Å²) in [5.41, 5.74) is 2.14. The van der Waals surface area contributed by atoms with Gasteiger partial charge in [0.1, 0.15) is 11.5 Å². The van der Waals surface area contributed by atoms with E-state index in [2.05, 4.69) is 4.98 Å². The molecule has 4 nitrogen and oxygen atoms in total. The lowest BCUT2D eigenvalue weighted by Gasteiger charge is -2.52. The maximum Gasteiger partial charge on any atom is 0.270 e. The van der Waals surface area contributed by atoms with Crippen LogP contribution in [0.1, 0.15) is 53.7 Å². The second kappa shape index (κ2) is 7.24. The quantitative estimate of drug-likeness (QED) is 0.635. The largest absolute Gasteiger partial charge is 0.385 e. The Labute approximate surface area is 175 Å². The van der Waals surface area contributed by atoms with Gasteiger partial charge in [-0.2, -0.15) is 0 Å². The molecule has 30 heavy (non-hydrogen) atoms. The molecular weight excluding hydrogens is 379 g/mol. The van der Waals surface area contributed by atoms with E-state index in [4.69, 9.17) is 0 Å². The Morgan fingerprint density at radius 2 is 1.93 bits per heavy atom. The van der Waals surface area contributed by atoms with Crippen LogP contribution in [0.5, 0.6) is 0 Å². The van der Waals surface area contributed by atoms with Gasteiger partial charge in [-0.05, 0) is 55.5 Å². The minimum atomic E-state index is -0.901. The van der Waals surface area contributed by atoms with Crippen LogP contribution in [0.2, 0.25) is 0 Å². The lowest BCUT2D eigenvalue weighted by molar-refractivity contribution is -0.110. The Kier molecular flexibility index (Phi) is 4.66. The van der Waals surface area contributed by atoms with E-state index in [-0.39, 0.29) is 23.7 Å². The molecule has 2 fully saturated rings. The van der Waals surface area contributed by atoms with E-state index in [1.54, 1.807) is 6.07 Å². The average molecular weight is 407 g/mol. The summed E-state index contributed by atoms with van der Waals surface area (Å²) in [6, 6.07) is 14.5. The molecule has 0 spiro atoms. The van der Waals surface area contributed by atoms with Crippen LogP contribution in [-0.2, 0) is 5.60 Å². The molecule has 1 saturated carbocycles. The number of piperidine rings is 1. The summed E-state index contributed by atoms with van der Waals surface area (Å²) in [6.45, 7) is 2.38. The van der Waals surface area contributed by atoms with Crippen molar-refractivity contribution in [2.75, 3.05) is 6.54 Å². The first-order valence-electron chi connectivity index (χ1n) is 10.9. The minimum absolute atomic E-state index is 0.00718. The first kappa shape index (κ1) is 19.3. The molecule has 156 valence electrons. The lowest BCUT2D eigenvalue weighted by Crippen LogP contribution is -2.59. The number of nitrogens with one attached hydrogen (secondary N) is 1. The number of halogens is 1. The maximum absolute atomic E-state index is 13.7. The number of H-pyrrole nitrogens is 1. The summed E-state index contributed by atoms with van der Waals surface area (Å²) >= 11 is 0. The molecule has 2 heterocycles. The van der Waals surface area contributed by atoms with Crippen molar-refractivity contribution >= 4 is 16.8 Å². The number of benzene rings is 2. The van der Waals surface area contributed by atoms with Crippen LogP contribution in [0, 0.1) is 18.7 Å². The molecule has 1 aliphatic heterocycles. The van der Waals surface area contributed by atoms with Gasteiger partial charge in [-0.25, -0.2) is 4.39 Å². The zero-order valence-corrected chi connectivity index (χ0v) is 17.2. The normalized spacial score (nSPS) is 26.6. The van der Waals surface area contributed by atoms with Gasteiger partial charge < -0.3 is 15.0 Å². The fourth-order valence-electron chi connectivity index (χ4n) is 5.68. The third-order valence-corrected chi connectivity index (χ3v) is 7.25. The Morgan fingerprint density at radius 1 is 1.17 bits per heavy atom. The lowest BCUT2D eigenvalue weighted by atomic mass is 9.66. The second-order valence-corrected chi connectivity index (χ2v) is 8.81. The van der Waals surface area contributed by atoms with Crippen LogP contribution < -0.4 is 0 Å². The standard InChI is InChI=1S/C25H27FN2O2/c1-16-19-15-18(26)11-12-21(19)27-23(16)24(29)28-14-13-25(30,17-7-3-2-4-8-17)20-9-5-6-10-22(20)28/h2-4,7-8,11-12,15,20,22,27,30H,5-6,9-10,13-14H2,1H3/t20-,22+,25+/m0/s1. The third kappa shape index (κ3) is 2.95. The molecule has 0 unspecified atom stereocenters. The molecule has 1 aromatic heterocycles. The molecule has 5 heteroatoms. The van der Waals surface area contributed by atoms with Crippen molar-refractivity contribution in [2.45, 2.75) is 50.7 Å². The highest BCUT2D eigenvalue weighted by Gasteiger charge is 2.50. The number of likely N-dealkylation sites (tertiary alicyclic amines) is 1. The number of aromatic nitrogens is 1. The third-order valence-electron chi connectivity index (χ3n) is 7.25. The second-order valence-electron chi connectivity index (χ2n) is 8.81. The number of aliphatic hydroxyl groups is 1. The van der Waals surface area contributed by atoms with Gasteiger partial charge in [-0.1, -0.05) is 43.2 Å². The van der Waals surface area contributed by atoms with Crippen LogP contribution in [0.4, 0.5) is 4.39 Å². The number of aromatic amines is 1. The van der Waals surface area contributed by atoms with Crippen molar-refractivity contribution in [1.82, 2.24) is 9.88 Å². The molecule has 2 N–H and O–H groups in total. The number of nitrogens with zero attached hydrogens (tertiary/aromatic N) is 1. The number of carbonyl (C=O) groups is 1. The SMILES string of the molecule is Cc1c(C(=O)N2CC[C@@](O)(c3ccccc3)[C@H]3CCCC[C@H]32)[nH]c2ccc(F)cc12. The maximum atomic E-state index is 13.7. The Morgan fingerprint density at radius 3 is 2.73 bits per heavy atom. The fraction of sp³-hybridized carbons (Fsp3) is 0.400. The highest BCUT2D eigenvalue weighted by Crippen LogP contribution is 2.47. The Bertz CT molecular complexity index is 1090. The number of hydrogen-bond donors (Lipinski definition) is 2. The van der Waals surface area contributed by atoms with Crippen LogP contribution in [0.25, 0.3) is 10.9 Å². The summed E-state index contributed by atoms with van der Waals surface area (Å²) in [5.74, 6) is -0.327. The summed E-state index contributed by atoms with van der Waals surface area (Å²) in [4.78, 5) is 18.8. The zero-order chi connectivity index (χ0) is 20.9. The predicted octanol–water partition coefficient (Wildman–Crippen LogP) is 4.91. The van der Waals surface area contributed by atoms with Gasteiger partial charge in [0.05, 0.1) is 5.60 Å². The van der Waals surface area contributed by atoms with Crippen molar-refractivity contribution in [3.63, 3.8) is 0 Å². The van der Waals surface area contributed by atoms with Gasteiger partial charge in [0, 0.05) is 29.4 Å². The van der Waals surface area contributed by atoms with E-state index in [1.807, 2.05) is 42.2 Å². The average Bonchev–Trinajstić information content (AvgIpc) is 3.10. The summed E-state index contributed by atoms with van der Waals surface area (Å²) < 4.78 is 13.7. The number of rotatable bonds is 2. The van der Waals surface area contributed by atoms with Crippen LogP contribution >= 0.6 is 0 Å². The molecule has 0 radical (unpaired) electrons. The number of hydrogen-bond acceptors (Lipinski definition) is 2. The molecule has 2 aromatic carbocycles. The van der Waals surface area contributed by atoms with Crippen LogP contribution in [0.3, 0.4) is 0 Å². The Hall–Kier alpha value is -2.66. The Balaban J connectivity index is 1.50. The molecule has 0 bridgehead atoms. The summed E-state index contributed by atoms with van der Waals surface area (Å²) in [5, 5.41) is 12.5. The molecule has 1 amide bonds. The van der Waals surface area contributed by atoms with Crippen LogP contribution in [-0.4, -0.2) is 33.5 Å². The van der Waals surface area contributed by atoms with E-state index < -0.39 is 5.60 Å². The number of amides is 1. The van der Waals surface area contributed by atoms with Gasteiger partial charge in [0.2, 0.25) is 0 Å². The fourth-order valence-corrected chi connectivity index (χ4v) is 5.68. The molecule has 3 aromatic rings. The van der Waals surface area contributed by atoms with Gasteiger partial charge >= 0.3 is 0 Å². The molecule has 2 aliphatic rings. The van der Waals surface area contributed by atoms with Crippen LogP contribution in [0.15, 0.2) is 48.5 Å². The van der Waals surface area contributed by atoms with Crippen molar-refractivity contribution < 1.29 is 14.3 Å². The molecule has 1 saturated heterocycles. The number of aryl methyl sites for hydroxylation is 1. The minimum Gasteiger partial charge on any atom is -0.385 e. The van der Waals surface area contributed by atoms with E-state index in [9.17, 15) is 14.3 Å². The smallest absolute Gasteiger partial charge is 0.270 e. The van der Waals surface area contributed by atoms with Crippen molar-refractivity contribution in [3.8, 4) is 0 Å².